The number of aliphatic carboxylic acids is 1. The molecule has 1 aromatic carbocycles. The Hall–Kier alpha value is -2.04. The number of carbonyl (C=O) groups excluding carboxylic acids is 1. The van der Waals surface area contributed by atoms with E-state index in [-0.39, 0.29) is 24.0 Å². The standard InChI is InChI=1S/C20H26N2O3/c23-18(24)15-7-9-16(10-8-15)21-19(25)22-13-20(11-4-12-20)17(22)14-5-2-1-3-6-14/h1-3,5-6,15-17H,4,7-13H2,(H,21,25)(H,23,24). The Kier molecular flexibility index (Phi) is 4.18. The molecule has 5 heteroatoms. The highest BCUT2D eigenvalue weighted by Crippen LogP contribution is 2.60. The fraction of sp³-hybridized carbons (Fsp3) is 0.600. The second-order valence-electron chi connectivity index (χ2n) is 7.99. The average Bonchev–Trinajstić information content (AvgIpc) is 2.54. The lowest BCUT2D eigenvalue weighted by molar-refractivity contribution is -0.142. The number of hydrogen-bond donors (Lipinski definition) is 2. The van der Waals surface area contributed by atoms with E-state index < -0.39 is 5.97 Å². The molecule has 3 aliphatic rings. The molecule has 1 atom stereocenters. The van der Waals surface area contributed by atoms with Gasteiger partial charge in [0.05, 0.1) is 12.0 Å². The van der Waals surface area contributed by atoms with Crippen molar-refractivity contribution >= 4 is 12.0 Å². The zero-order valence-electron chi connectivity index (χ0n) is 14.5. The van der Waals surface area contributed by atoms with Gasteiger partial charge in [-0.3, -0.25) is 4.79 Å². The van der Waals surface area contributed by atoms with Crippen molar-refractivity contribution in [2.45, 2.75) is 57.0 Å². The van der Waals surface area contributed by atoms with Gasteiger partial charge in [-0.25, -0.2) is 4.79 Å². The summed E-state index contributed by atoms with van der Waals surface area (Å²) in [4.78, 5) is 25.9. The highest BCUT2D eigenvalue weighted by atomic mass is 16.4. The number of carbonyl (C=O) groups is 2. The van der Waals surface area contributed by atoms with E-state index in [0.29, 0.717) is 18.3 Å². The Morgan fingerprint density at radius 3 is 2.32 bits per heavy atom. The van der Waals surface area contributed by atoms with Crippen LogP contribution in [0.3, 0.4) is 0 Å². The minimum Gasteiger partial charge on any atom is -0.481 e. The lowest BCUT2D eigenvalue weighted by Gasteiger charge is -2.62. The Balaban J connectivity index is 1.40. The zero-order valence-corrected chi connectivity index (χ0v) is 14.5. The molecule has 5 nitrogen and oxygen atoms in total. The third kappa shape index (κ3) is 2.90. The fourth-order valence-electron chi connectivity index (χ4n) is 4.90. The third-order valence-corrected chi connectivity index (χ3v) is 6.51. The first-order valence-electron chi connectivity index (χ1n) is 9.44. The molecule has 2 amide bonds. The van der Waals surface area contributed by atoms with Crippen molar-refractivity contribution in [1.82, 2.24) is 10.2 Å². The van der Waals surface area contributed by atoms with Crippen LogP contribution in [0.5, 0.6) is 0 Å². The van der Waals surface area contributed by atoms with Gasteiger partial charge in [-0.1, -0.05) is 36.8 Å². The first-order chi connectivity index (χ1) is 12.1. The normalized spacial score (nSPS) is 30.2. The summed E-state index contributed by atoms with van der Waals surface area (Å²) in [5, 5.41) is 12.3. The molecule has 1 spiro atoms. The number of nitrogens with one attached hydrogen (secondary N) is 1. The second kappa shape index (κ2) is 6.36. The zero-order chi connectivity index (χ0) is 17.4. The van der Waals surface area contributed by atoms with Crippen LogP contribution >= 0.6 is 0 Å². The molecule has 1 heterocycles. The van der Waals surface area contributed by atoms with Crippen LogP contribution in [0, 0.1) is 11.3 Å². The SMILES string of the molecule is O=C(O)C1CCC(NC(=O)N2CC3(CCC3)C2c2ccccc2)CC1. The van der Waals surface area contributed by atoms with Crippen LogP contribution in [0.15, 0.2) is 30.3 Å². The number of nitrogens with zero attached hydrogens (tertiary/aromatic N) is 1. The van der Waals surface area contributed by atoms with Gasteiger partial charge in [-0.15, -0.1) is 0 Å². The predicted octanol–water partition coefficient (Wildman–Crippen LogP) is 3.57. The molecule has 3 fully saturated rings. The van der Waals surface area contributed by atoms with Crippen LogP contribution in [-0.4, -0.2) is 34.6 Å². The van der Waals surface area contributed by atoms with Gasteiger partial charge < -0.3 is 15.3 Å². The van der Waals surface area contributed by atoms with E-state index >= 15 is 0 Å². The molecule has 1 saturated heterocycles. The number of carboxylic acids is 1. The van der Waals surface area contributed by atoms with E-state index in [9.17, 15) is 9.59 Å². The number of urea groups is 1. The highest BCUT2D eigenvalue weighted by molar-refractivity contribution is 5.77. The van der Waals surface area contributed by atoms with Gasteiger partial charge >= 0.3 is 12.0 Å². The summed E-state index contributed by atoms with van der Waals surface area (Å²) >= 11 is 0. The highest BCUT2D eigenvalue weighted by Gasteiger charge is 2.58. The Morgan fingerprint density at radius 1 is 1.08 bits per heavy atom. The van der Waals surface area contributed by atoms with Crippen molar-refractivity contribution in [2.75, 3.05) is 6.54 Å². The quantitative estimate of drug-likeness (QED) is 0.882. The largest absolute Gasteiger partial charge is 0.481 e. The lowest BCUT2D eigenvalue weighted by atomic mass is 9.56. The van der Waals surface area contributed by atoms with E-state index in [1.165, 1.54) is 24.8 Å². The summed E-state index contributed by atoms with van der Waals surface area (Å²) in [5.41, 5.74) is 1.53. The van der Waals surface area contributed by atoms with Crippen molar-refractivity contribution in [1.29, 1.82) is 0 Å². The van der Waals surface area contributed by atoms with Gasteiger partial charge in [-0.2, -0.15) is 0 Å². The third-order valence-electron chi connectivity index (χ3n) is 6.51. The molecule has 4 rings (SSSR count). The molecular weight excluding hydrogens is 316 g/mol. The van der Waals surface area contributed by atoms with Crippen molar-refractivity contribution in [3.8, 4) is 0 Å². The number of hydrogen-bond acceptors (Lipinski definition) is 2. The van der Waals surface area contributed by atoms with E-state index in [1.807, 2.05) is 23.1 Å². The fourth-order valence-corrected chi connectivity index (χ4v) is 4.90. The topological polar surface area (TPSA) is 69.6 Å². The Bertz CT molecular complexity index is 648. The maximum Gasteiger partial charge on any atom is 0.318 e. The molecule has 2 aliphatic carbocycles. The van der Waals surface area contributed by atoms with Gasteiger partial charge in [0, 0.05) is 18.0 Å². The smallest absolute Gasteiger partial charge is 0.318 e. The summed E-state index contributed by atoms with van der Waals surface area (Å²) in [6.07, 6.45) is 6.52. The Labute approximate surface area is 148 Å². The molecule has 134 valence electrons. The van der Waals surface area contributed by atoms with Crippen LogP contribution in [0.4, 0.5) is 4.79 Å². The van der Waals surface area contributed by atoms with Crippen LogP contribution in [0.2, 0.25) is 0 Å². The molecule has 2 saturated carbocycles. The number of carboxylic acid groups (broad SMARTS) is 1. The average molecular weight is 342 g/mol. The number of rotatable bonds is 3. The van der Waals surface area contributed by atoms with Gasteiger partial charge in [-0.05, 0) is 44.1 Å². The summed E-state index contributed by atoms with van der Waals surface area (Å²) in [5.74, 6) is -0.948. The number of amides is 2. The van der Waals surface area contributed by atoms with Crippen LogP contribution < -0.4 is 5.32 Å². The molecule has 0 radical (unpaired) electrons. The number of benzene rings is 1. The predicted molar refractivity (Wildman–Crippen MR) is 94.1 cm³/mol. The molecule has 0 aromatic heterocycles. The van der Waals surface area contributed by atoms with Gasteiger partial charge in [0.2, 0.25) is 0 Å². The maximum atomic E-state index is 12.8. The van der Waals surface area contributed by atoms with Crippen LogP contribution in [0.1, 0.15) is 56.6 Å². The molecule has 1 unspecified atom stereocenters. The number of likely N-dealkylation sites (tertiary alicyclic amines) is 1. The first kappa shape index (κ1) is 16.4. The molecule has 25 heavy (non-hydrogen) atoms. The van der Waals surface area contributed by atoms with E-state index in [2.05, 4.69) is 17.4 Å². The molecule has 1 aromatic rings. The summed E-state index contributed by atoms with van der Waals surface area (Å²) < 4.78 is 0. The van der Waals surface area contributed by atoms with Gasteiger partial charge in [0.1, 0.15) is 0 Å². The Morgan fingerprint density at radius 2 is 1.76 bits per heavy atom. The summed E-state index contributed by atoms with van der Waals surface area (Å²) in [6.45, 7) is 0.850. The van der Waals surface area contributed by atoms with Crippen molar-refractivity contribution < 1.29 is 14.7 Å². The van der Waals surface area contributed by atoms with E-state index in [4.69, 9.17) is 5.11 Å². The maximum absolute atomic E-state index is 12.8. The van der Waals surface area contributed by atoms with Gasteiger partial charge in [0.15, 0.2) is 0 Å². The van der Waals surface area contributed by atoms with E-state index in [0.717, 1.165) is 19.4 Å². The monoisotopic (exact) mass is 342 g/mol. The van der Waals surface area contributed by atoms with Crippen molar-refractivity contribution in [2.24, 2.45) is 11.3 Å². The van der Waals surface area contributed by atoms with Crippen LogP contribution in [0.25, 0.3) is 0 Å². The minimum absolute atomic E-state index is 0.0187. The van der Waals surface area contributed by atoms with Crippen molar-refractivity contribution in [3.05, 3.63) is 35.9 Å². The summed E-state index contributed by atoms with van der Waals surface area (Å²) in [7, 11) is 0. The van der Waals surface area contributed by atoms with Gasteiger partial charge in [0.25, 0.3) is 0 Å². The molecule has 1 aliphatic heterocycles. The first-order valence-corrected chi connectivity index (χ1v) is 9.44. The minimum atomic E-state index is -0.705. The molecular formula is C20H26N2O3. The molecule has 2 N–H and O–H groups in total. The summed E-state index contributed by atoms with van der Waals surface area (Å²) in [6, 6.07) is 10.7. The lowest BCUT2D eigenvalue weighted by Crippen LogP contribution is -2.65. The van der Waals surface area contributed by atoms with Crippen LogP contribution in [-0.2, 0) is 4.79 Å². The van der Waals surface area contributed by atoms with Crippen molar-refractivity contribution in [3.63, 3.8) is 0 Å². The van der Waals surface area contributed by atoms with E-state index in [1.54, 1.807) is 0 Å². The second-order valence-corrected chi connectivity index (χ2v) is 7.99. The molecule has 0 bridgehead atoms.